The average Bonchev–Trinajstić information content (AvgIpc) is 2.76. The van der Waals surface area contributed by atoms with E-state index in [0.29, 0.717) is 18.0 Å². The highest BCUT2D eigenvalue weighted by molar-refractivity contribution is 7.92. The van der Waals surface area contributed by atoms with Crippen LogP contribution in [0.1, 0.15) is 25.0 Å². The minimum absolute atomic E-state index is 0.182. The Bertz CT molecular complexity index is 1040. The Labute approximate surface area is 190 Å². The molecule has 0 saturated carbocycles. The number of aryl methyl sites for hydroxylation is 1. The molecule has 32 heavy (non-hydrogen) atoms. The van der Waals surface area contributed by atoms with Gasteiger partial charge in [-0.2, -0.15) is 0 Å². The molecule has 2 aromatic carbocycles. The zero-order valence-electron chi connectivity index (χ0n) is 19.2. The number of amides is 2. The van der Waals surface area contributed by atoms with Gasteiger partial charge in [0.15, 0.2) is 0 Å². The van der Waals surface area contributed by atoms with Gasteiger partial charge in [-0.3, -0.25) is 13.9 Å². The van der Waals surface area contributed by atoms with Crippen molar-refractivity contribution in [3.05, 3.63) is 59.7 Å². The minimum atomic E-state index is -3.76. The van der Waals surface area contributed by atoms with E-state index in [2.05, 4.69) is 5.32 Å². The van der Waals surface area contributed by atoms with Crippen molar-refractivity contribution >= 4 is 27.5 Å². The van der Waals surface area contributed by atoms with Crippen molar-refractivity contribution in [1.29, 1.82) is 0 Å². The molecule has 0 aromatic heterocycles. The predicted molar refractivity (Wildman–Crippen MR) is 125 cm³/mol. The quantitative estimate of drug-likeness (QED) is 0.586. The normalized spacial score (nSPS) is 12.0. The lowest BCUT2D eigenvalue weighted by Crippen LogP contribution is -2.50. The zero-order chi connectivity index (χ0) is 23.9. The van der Waals surface area contributed by atoms with Crippen LogP contribution in [-0.4, -0.2) is 57.6 Å². The fourth-order valence-electron chi connectivity index (χ4n) is 3.25. The van der Waals surface area contributed by atoms with Gasteiger partial charge in [0, 0.05) is 13.6 Å². The number of ether oxygens (including phenoxy) is 1. The number of anilines is 1. The molecule has 0 fully saturated rings. The Hall–Kier alpha value is -3.07. The van der Waals surface area contributed by atoms with E-state index in [-0.39, 0.29) is 12.5 Å². The van der Waals surface area contributed by atoms with Gasteiger partial charge in [0.2, 0.25) is 21.8 Å². The molecule has 1 N–H and O–H groups in total. The topological polar surface area (TPSA) is 96.0 Å². The maximum atomic E-state index is 13.3. The lowest BCUT2D eigenvalue weighted by Gasteiger charge is -2.31. The molecule has 0 unspecified atom stereocenters. The van der Waals surface area contributed by atoms with Crippen LogP contribution in [0.5, 0.6) is 5.75 Å². The number of carbonyl (C=O) groups excluding carboxylic acids is 2. The molecule has 9 heteroatoms. The molecule has 0 aliphatic rings. The van der Waals surface area contributed by atoms with Crippen LogP contribution in [0.15, 0.2) is 48.5 Å². The number of benzene rings is 2. The van der Waals surface area contributed by atoms with Crippen molar-refractivity contribution in [2.75, 3.05) is 30.8 Å². The number of nitrogens with zero attached hydrogens (tertiary/aromatic N) is 2. The molecular formula is C23H31N3O5S. The van der Waals surface area contributed by atoms with Gasteiger partial charge >= 0.3 is 0 Å². The number of rotatable bonds is 10. The van der Waals surface area contributed by atoms with Crippen LogP contribution in [0, 0.1) is 6.92 Å². The largest absolute Gasteiger partial charge is 0.494 e. The summed E-state index contributed by atoms with van der Waals surface area (Å²) in [6.45, 7) is 5.63. The van der Waals surface area contributed by atoms with Gasteiger partial charge in [-0.1, -0.05) is 24.3 Å². The van der Waals surface area contributed by atoms with Crippen molar-refractivity contribution in [2.45, 2.75) is 33.4 Å². The summed E-state index contributed by atoms with van der Waals surface area (Å²) in [6.07, 6.45) is 1.05. The Kier molecular flexibility index (Phi) is 8.65. The molecule has 8 nitrogen and oxygen atoms in total. The Morgan fingerprint density at radius 2 is 1.72 bits per heavy atom. The summed E-state index contributed by atoms with van der Waals surface area (Å²) in [7, 11) is -2.26. The smallest absolute Gasteiger partial charge is 0.244 e. The summed E-state index contributed by atoms with van der Waals surface area (Å²) in [4.78, 5) is 27.1. The standard InChI is InChI=1S/C23H31N3O5S/c1-6-31-21-13-11-20(12-14-21)26(32(5,29)30)16-22(27)25(18(3)23(28)24-4)15-19-10-8-7-9-17(19)2/h7-14,18H,6,15-16H2,1-5H3,(H,24,28)/t18-/m0/s1. The van der Waals surface area contributed by atoms with E-state index in [1.54, 1.807) is 31.2 Å². The molecule has 2 rings (SSSR count). The molecule has 0 saturated heterocycles. The van der Waals surface area contributed by atoms with Crippen LogP contribution < -0.4 is 14.4 Å². The van der Waals surface area contributed by atoms with Crippen molar-refractivity contribution in [3.8, 4) is 5.75 Å². The van der Waals surface area contributed by atoms with Gasteiger partial charge in [-0.25, -0.2) is 8.42 Å². The van der Waals surface area contributed by atoms with Crippen LogP contribution in [0.2, 0.25) is 0 Å². The number of hydrogen-bond donors (Lipinski definition) is 1. The molecular weight excluding hydrogens is 430 g/mol. The van der Waals surface area contributed by atoms with E-state index < -0.39 is 28.5 Å². The van der Waals surface area contributed by atoms with E-state index in [1.165, 1.54) is 11.9 Å². The van der Waals surface area contributed by atoms with Crippen LogP contribution in [0.25, 0.3) is 0 Å². The van der Waals surface area contributed by atoms with E-state index in [9.17, 15) is 18.0 Å². The molecule has 0 bridgehead atoms. The number of sulfonamides is 1. The number of nitrogens with one attached hydrogen (secondary N) is 1. The van der Waals surface area contributed by atoms with Crippen LogP contribution in [0.3, 0.4) is 0 Å². The summed E-state index contributed by atoms with van der Waals surface area (Å²) >= 11 is 0. The first-order valence-corrected chi connectivity index (χ1v) is 12.2. The monoisotopic (exact) mass is 461 g/mol. The molecule has 0 heterocycles. The van der Waals surface area contributed by atoms with Crippen LogP contribution in [-0.2, 0) is 26.2 Å². The minimum Gasteiger partial charge on any atom is -0.494 e. The third-order valence-corrected chi connectivity index (χ3v) is 6.27. The first kappa shape index (κ1) is 25.2. The van der Waals surface area contributed by atoms with Crippen molar-refractivity contribution in [3.63, 3.8) is 0 Å². The number of carbonyl (C=O) groups is 2. The van der Waals surface area contributed by atoms with E-state index in [1.807, 2.05) is 38.1 Å². The average molecular weight is 462 g/mol. The van der Waals surface area contributed by atoms with Gasteiger partial charge in [0.05, 0.1) is 18.6 Å². The number of hydrogen-bond acceptors (Lipinski definition) is 5. The lowest BCUT2D eigenvalue weighted by molar-refractivity contribution is -0.139. The predicted octanol–water partition coefficient (Wildman–Crippen LogP) is 2.32. The third kappa shape index (κ3) is 6.46. The van der Waals surface area contributed by atoms with E-state index in [4.69, 9.17) is 4.74 Å². The van der Waals surface area contributed by atoms with Gasteiger partial charge in [0.1, 0.15) is 18.3 Å². The fourth-order valence-corrected chi connectivity index (χ4v) is 4.10. The number of likely N-dealkylation sites (N-methyl/N-ethyl adjacent to an activating group) is 1. The second-order valence-corrected chi connectivity index (χ2v) is 9.34. The summed E-state index contributed by atoms with van der Waals surface area (Å²) < 4.78 is 31.5. The molecule has 0 radical (unpaired) electrons. The van der Waals surface area contributed by atoms with Crippen LogP contribution in [0.4, 0.5) is 5.69 Å². The van der Waals surface area contributed by atoms with Crippen molar-refractivity contribution < 1.29 is 22.7 Å². The van der Waals surface area contributed by atoms with E-state index in [0.717, 1.165) is 21.7 Å². The maximum Gasteiger partial charge on any atom is 0.244 e. The highest BCUT2D eigenvalue weighted by Gasteiger charge is 2.29. The SMILES string of the molecule is CCOc1ccc(N(CC(=O)N(Cc2ccccc2C)[C@@H](C)C(=O)NC)S(C)(=O)=O)cc1. The van der Waals surface area contributed by atoms with Crippen molar-refractivity contribution in [1.82, 2.24) is 10.2 Å². The van der Waals surface area contributed by atoms with Gasteiger partial charge in [0.25, 0.3) is 0 Å². The summed E-state index contributed by atoms with van der Waals surface area (Å²) in [5.74, 6) is -0.215. The summed E-state index contributed by atoms with van der Waals surface area (Å²) in [5.41, 5.74) is 2.19. The highest BCUT2D eigenvalue weighted by Crippen LogP contribution is 2.22. The van der Waals surface area contributed by atoms with E-state index >= 15 is 0 Å². The zero-order valence-corrected chi connectivity index (χ0v) is 20.0. The lowest BCUT2D eigenvalue weighted by atomic mass is 10.1. The first-order chi connectivity index (χ1) is 15.1. The summed E-state index contributed by atoms with van der Waals surface area (Å²) in [5, 5.41) is 2.56. The molecule has 2 amide bonds. The molecule has 0 aliphatic carbocycles. The highest BCUT2D eigenvalue weighted by atomic mass is 32.2. The van der Waals surface area contributed by atoms with Gasteiger partial charge < -0.3 is 15.0 Å². The molecule has 2 aromatic rings. The first-order valence-electron chi connectivity index (χ1n) is 10.3. The third-order valence-electron chi connectivity index (χ3n) is 5.13. The van der Waals surface area contributed by atoms with Gasteiger partial charge in [-0.15, -0.1) is 0 Å². The Morgan fingerprint density at radius 1 is 1.09 bits per heavy atom. The van der Waals surface area contributed by atoms with Crippen LogP contribution >= 0.6 is 0 Å². The van der Waals surface area contributed by atoms with Gasteiger partial charge in [-0.05, 0) is 56.2 Å². The maximum absolute atomic E-state index is 13.3. The second-order valence-electron chi connectivity index (χ2n) is 7.43. The Morgan fingerprint density at radius 3 is 2.25 bits per heavy atom. The molecule has 0 aliphatic heterocycles. The summed E-state index contributed by atoms with van der Waals surface area (Å²) in [6, 6.07) is 13.3. The molecule has 174 valence electrons. The molecule has 0 spiro atoms. The second kappa shape index (κ2) is 11.0. The molecule has 1 atom stereocenters. The Balaban J connectivity index is 2.36. The van der Waals surface area contributed by atoms with Crippen molar-refractivity contribution in [2.24, 2.45) is 0 Å². The fraction of sp³-hybridized carbons (Fsp3) is 0.391.